The summed E-state index contributed by atoms with van der Waals surface area (Å²) in [5.74, 6) is 0.382. The quantitative estimate of drug-likeness (QED) is 0.635. The fraction of sp³-hybridized carbons (Fsp3) is 0.0833. The Kier molecular flexibility index (Phi) is 2.64. The van der Waals surface area contributed by atoms with Crippen molar-refractivity contribution in [3.63, 3.8) is 0 Å². The molecule has 3 rings (SSSR count). The van der Waals surface area contributed by atoms with E-state index in [0.29, 0.717) is 22.9 Å². The van der Waals surface area contributed by atoms with E-state index in [1.165, 1.54) is 24.0 Å². The van der Waals surface area contributed by atoms with Crippen molar-refractivity contribution < 1.29 is 9.53 Å². The molecule has 3 heterocycles. The number of hydrogen-bond acceptors (Lipinski definition) is 6. The summed E-state index contributed by atoms with van der Waals surface area (Å²) in [6.45, 7) is 0. The summed E-state index contributed by atoms with van der Waals surface area (Å²) in [5, 5.41) is 4.23. The highest BCUT2D eigenvalue weighted by molar-refractivity contribution is 5.88. The molecule has 0 atom stereocenters. The Hall–Kier alpha value is -2.83. The van der Waals surface area contributed by atoms with Gasteiger partial charge in [-0.3, -0.25) is 4.98 Å². The number of nitrogens with zero attached hydrogens (tertiary/aromatic N) is 5. The summed E-state index contributed by atoms with van der Waals surface area (Å²) >= 11 is 0. The van der Waals surface area contributed by atoms with Gasteiger partial charge < -0.3 is 4.74 Å². The summed E-state index contributed by atoms with van der Waals surface area (Å²) in [6.07, 6.45) is 4.58. The molecule has 94 valence electrons. The first kappa shape index (κ1) is 11.3. The van der Waals surface area contributed by atoms with Crippen molar-refractivity contribution in [2.45, 2.75) is 0 Å². The minimum atomic E-state index is -0.468. The number of aromatic nitrogens is 5. The molecule has 0 aliphatic rings. The van der Waals surface area contributed by atoms with Crippen LogP contribution < -0.4 is 0 Å². The molecule has 0 bridgehead atoms. The predicted molar refractivity (Wildman–Crippen MR) is 65.4 cm³/mol. The molecule has 0 aromatic carbocycles. The first-order valence-corrected chi connectivity index (χ1v) is 5.50. The third kappa shape index (κ3) is 2.01. The Morgan fingerprint density at radius 2 is 2.21 bits per heavy atom. The van der Waals surface area contributed by atoms with Crippen molar-refractivity contribution in [2.75, 3.05) is 7.11 Å². The van der Waals surface area contributed by atoms with Gasteiger partial charge in [0.1, 0.15) is 5.69 Å². The number of rotatable bonds is 2. The van der Waals surface area contributed by atoms with Crippen LogP contribution in [0.3, 0.4) is 0 Å². The Bertz CT molecular complexity index is 738. The van der Waals surface area contributed by atoms with Crippen molar-refractivity contribution in [1.82, 2.24) is 24.6 Å². The molecule has 0 spiro atoms. The molecule has 0 aliphatic heterocycles. The maximum atomic E-state index is 11.4. The Labute approximate surface area is 107 Å². The van der Waals surface area contributed by atoms with Crippen LogP contribution in [0.5, 0.6) is 0 Å². The van der Waals surface area contributed by atoms with Gasteiger partial charge in [0, 0.05) is 18.6 Å². The molecule has 7 nitrogen and oxygen atoms in total. The second kappa shape index (κ2) is 4.45. The summed E-state index contributed by atoms with van der Waals surface area (Å²) in [5.41, 5.74) is 0.958. The lowest BCUT2D eigenvalue weighted by atomic mass is 10.3. The van der Waals surface area contributed by atoms with Gasteiger partial charge >= 0.3 is 5.97 Å². The molecule has 0 fully saturated rings. The maximum absolute atomic E-state index is 11.4. The van der Waals surface area contributed by atoms with Crippen molar-refractivity contribution in [1.29, 1.82) is 0 Å². The summed E-state index contributed by atoms with van der Waals surface area (Å²) in [4.78, 5) is 23.9. The van der Waals surface area contributed by atoms with E-state index in [-0.39, 0.29) is 0 Å². The lowest BCUT2D eigenvalue weighted by Gasteiger charge is -1.97. The predicted octanol–water partition coefficient (Wildman–Crippen LogP) is 0.973. The Balaban J connectivity index is 2.09. The number of ether oxygens (including phenoxy) is 1. The molecule has 0 saturated carbocycles. The lowest BCUT2D eigenvalue weighted by molar-refractivity contribution is 0.0599. The molecule has 0 saturated heterocycles. The molecule has 0 N–H and O–H groups in total. The summed E-state index contributed by atoms with van der Waals surface area (Å²) in [7, 11) is 1.31. The number of esters is 1. The van der Waals surface area contributed by atoms with Crippen molar-refractivity contribution in [3.05, 3.63) is 42.4 Å². The van der Waals surface area contributed by atoms with E-state index in [0.717, 1.165) is 0 Å². The number of pyridine rings is 1. The van der Waals surface area contributed by atoms with Crippen LogP contribution in [0, 0.1) is 0 Å². The largest absolute Gasteiger partial charge is 0.465 e. The van der Waals surface area contributed by atoms with E-state index in [2.05, 4.69) is 24.8 Å². The van der Waals surface area contributed by atoms with Crippen LogP contribution in [0.2, 0.25) is 0 Å². The van der Waals surface area contributed by atoms with Gasteiger partial charge in [0.2, 0.25) is 5.82 Å². The van der Waals surface area contributed by atoms with Gasteiger partial charge in [0.15, 0.2) is 0 Å². The van der Waals surface area contributed by atoms with E-state index in [4.69, 9.17) is 0 Å². The maximum Gasteiger partial charge on any atom is 0.341 e. The van der Waals surface area contributed by atoms with Gasteiger partial charge in [0.05, 0.1) is 12.7 Å². The van der Waals surface area contributed by atoms with Crippen molar-refractivity contribution >= 4 is 11.7 Å². The minimum absolute atomic E-state index is 0.312. The van der Waals surface area contributed by atoms with E-state index < -0.39 is 5.97 Å². The molecular formula is C12H9N5O2. The molecule has 3 aromatic rings. The highest BCUT2D eigenvalue weighted by atomic mass is 16.5. The topological polar surface area (TPSA) is 82.3 Å². The second-order valence-corrected chi connectivity index (χ2v) is 3.73. The number of carbonyl (C=O) groups excluding carboxylic acids is 1. The molecule has 19 heavy (non-hydrogen) atoms. The number of hydrogen-bond donors (Lipinski definition) is 0. The third-order valence-corrected chi connectivity index (χ3v) is 2.51. The molecule has 0 amide bonds. The fourth-order valence-corrected chi connectivity index (χ4v) is 1.61. The smallest absolute Gasteiger partial charge is 0.341 e. The number of fused-ring (bicyclic) bond motifs is 1. The first-order chi connectivity index (χ1) is 9.28. The van der Waals surface area contributed by atoms with E-state index in [1.807, 2.05) is 12.1 Å². The van der Waals surface area contributed by atoms with Gasteiger partial charge in [0.25, 0.3) is 5.78 Å². The fourth-order valence-electron chi connectivity index (χ4n) is 1.61. The highest BCUT2D eigenvalue weighted by Crippen LogP contribution is 2.12. The van der Waals surface area contributed by atoms with Crippen LogP contribution >= 0.6 is 0 Å². The van der Waals surface area contributed by atoms with E-state index in [1.54, 1.807) is 12.3 Å². The molecule has 0 unspecified atom stereocenters. The van der Waals surface area contributed by atoms with E-state index in [9.17, 15) is 4.79 Å². The lowest BCUT2D eigenvalue weighted by Crippen LogP contribution is -2.04. The van der Waals surface area contributed by atoms with Crippen LogP contribution in [-0.2, 0) is 4.74 Å². The zero-order chi connectivity index (χ0) is 13.2. The number of methoxy groups -OCH3 is 1. The van der Waals surface area contributed by atoms with Gasteiger partial charge in [-0.2, -0.15) is 4.98 Å². The first-order valence-electron chi connectivity index (χ1n) is 5.50. The Morgan fingerprint density at radius 3 is 2.95 bits per heavy atom. The minimum Gasteiger partial charge on any atom is -0.465 e. The molecule has 3 aromatic heterocycles. The van der Waals surface area contributed by atoms with Crippen LogP contribution in [0.25, 0.3) is 17.3 Å². The monoisotopic (exact) mass is 255 g/mol. The standard InChI is InChI=1S/C12H9N5O2/c1-19-11(18)8-6-14-12-15-10(16-17(12)7-8)9-4-2-3-5-13-9/h2-7H,1H3. The van der Waals surface area contributed by atoms with Crippen LogP contribution in [0.15, 0.2) is 36.8 Å². The molecule has 0 aliphatic carbocycles. The van der Waals surface area contributed by atoms with Gasteiger partial charge in [-0.15, -0.1) is 5.10 Å². The van der Waals surface area contributed by atoms with Crippen LogP contribution in [-0.4, -0.2) is 37.6 Å². The van der Waals surface area contributed by atoms with Crippen molar-refractivity contribution in [3.8, 4) is 11.5 Å². The Morgan fingerprint density at radius 1 is 1.32 bits per heavy atom. The SMILES string of the molecule is COC(=O)c1cnc2nc(-c3ccccn3)nn2c1. The zero-order valence-electron chi connectivity index (χ0n) is 10.0. The third-order valence-electron chi connectivity index (χ3n) is 2.51. The normalized spacial score (nSPS) is 10.6. The molecule has 7 heteroatoms. The second-order valence-electron chi connectivity index (χ2n) is 3.73. The zero-order valence-corrected chi connectivity index (χ0v) is 10.0. The van der Waals surface area contributed by atoms with Crippen molar-refractivity contribution in [2.24, 2.45) is 0 Å². The molecular weight excluding hydrogens is 246 g/mol. The summed E-state index contributed by atoms with van der Waals surface area (Å²) in [6, 6.07) is 5.46. The van der Waals surface area contributed by atoms with Crippen LogP contribution in [0.4, 0.5) is 0 Å². The highest BCUT2D eigenvalue weighted by Gasteiger charge is 2.11. The average molecular weight is 255 g/mol. The number of carbonyl (C=O) groups is 1. The average Bonchev–Trinajstić information content (AvgIpc) is 2.90. The van der Waals surface area contributed by atoms with Gasteiger partial charge in [-0.1, -0.05) is 6.07 Å². The molecule has 0 radical (unpaired) electrons. The van der Waals surface area contributed by atoms with Gasteiger partial charge in [-0.25, -0.2) is 14.3 Å². The van der Waals surface area contributed by atoms with E-state index >= 15 is 0 Å². The van der Waals surface area contributed by atoms with Crippen LogP contribution in [0.1, 0.15) is 10.4 Å². The van der Waals surface area contributed by atoms with Gasteiger partial charge in [-0.05, 0) is 12.1 Å². The summed E-state index contributed by atoms with van der Waals surface area (Å²) < 4.78 is 6.05.